The highest BCUT2D eigenvalue weighted by atomic mass is 35.5. The van der Waals surface area contributed by atoms with E-state index in [0.717, 1.165) is 0 Å². The second kappa shape index (κ2) is 2.42. The van der Waals surface area contributed by atoms with E-state index in [0.29, 0.717) is 0 Å². The van der Waals surface area contributed by atoms with Crippen LogP contribution in [0.25, 0.3) is 0 Å². The molecule has 0 rings (SSSR count). The summed E-state index contributed by atoms with van der Waals surface area (Å²) in [6.07, 6.45) is 0. The van der Waals surface area contributed by atoms with Crippen molar-refractivity contribution in [3.63, 3.8) is 0 Å². The van der Waals surface area contributed by atoms with Crippen molar-refractivity contribution in [3.8, 4) is 11.8 Å². The summed E-state index contributed by atoms with van der Waals surface area (Å²) in [4.78, 5) is 0. The van der Waals surface area contributed by atoms with E-state index in [2.05, 4.69) is 11.8 Å². The van der Waals surface area contributed by atoms with Gasteiger partial charge in [-0.15, -0.1) is 5.92 Å². The largest absolute Gasteiger partial charge is 0.353 e. The van der Waals surface area contributed by atoms with Crippen LogP contribution < -0.4 is 0 Å². The number of rotatable bonds is 0. The first kappa shape index (κ1) is 7.10. The lowest BCUT2D eigenvalue weighted by Crippen LogP contribution is -2.05. The first-order valence-corrected chi connectivity index (χ1v) is 2.36. The Labute approximate surface area is 52.2 Å². The average Bonchev–Trinajstić information content (AvgIpc) is 1.30. The molecule has 3 heteroatoms. The summed E-state index contributed by atoms with van der Waals surface area (Å²) in [7, 11) is 0. The highest BCUT2D eigenvalue weighted by Gasteiger charge is 2.12. The summed E-state index contributed by atoms with van der Waals surface area (Å²) in [5.41, 5.74) is 0. The summed E-state index contributed by atoms with van der Waals surface area (Å²) >= 11 is 9.96. The Morgan fingerprint density at radius 2 is 2.00 bits per heavy atom. The molecule has 0 aromatic carbocycles. The van der Waals surface area contributed by atoms with Gasteiger partial charge in [0.05, 0.1) is 0 Å². The van der Waals surface area contributed by atoms with Crippen LogP contribution in [0.4, 0.5) is 0 Å². The topological polar surface area (TPSA) is 20.2 Å². The number of hydrogen-bond acceptors (Lipinski definition) is 1. The second-order valence-electron chi connectivity index (χ2n) is 0.916. The molecule has 1 nitrogen and oxygen atoms in total. The van der Waals surface area contributed by atoms with Crippen molar-refractivity contribution >= 4 is 23.2 Å². The van der Waals surface area contributed by atoms with Crippen LogP contribution in [-0.2, 0) is 0 Å². The molecule has 0 unspecified atom stereocenters. The van der Waals surface area contributed by atoms with Gasteiger partial charge in [0.2, 0.25) is 0 Å². The summed E-state index contributed by atoms with van der Waals surface area (Å²) in [5, 5.41) is 8.37. The zero-order valence-corrected chi connectivity index (χ0v) is 5.22. The minimum absolute atomic E-state index is 1.54. The van der Waals surface area contributed by atoms with E-state index in [-0.39, 0.29) is 0 Å². The van der Waals surface area contributed by atoms with E-state index < -0.39 is 4.52 Å². The molecule has 0 aromatic heterocycles. The quantitative estimate of drug-likeness (QED) is 0.394. The Kier molecular flexibility index (Phi) is 2.45. The monoisotopic (exact) mass is 138 g/mol. The Morgan fingerprint density at radius 1 is 1.57 bits per heavy atom. The minimum Gasteiger partial charge on any atom is -0.353 e. The number of halogens is 2. The Balaban J connectivity index is 3.72. The third kappa shape index (κ3) is 6.10. The molecule has 7 heavy (non-hydrogen) atoms. The van der Waals surface area contributed by atoms with Gasteiger partial charge < -0.3 is 5.11 Å². The minimum atomic E-state index is -1.87. The number of aliphatic hydroxyl groups is 1. The van der Waals surface area contributed by atoms with Crippen LogP contribution in [0, 0.1) is 11.8 Å². The predicted octanol–water partition coefficient (Wildman–Crippen LogP) is 1.13. The van der Waals surface area contributed by atoms with Crippen molar-refractivity contribution in [1.82, 2.24) is 0 Å². The molecular formula is C4H4Cl2O. The SMILES string of the molecule is CC#CC(O)(Cl)Cl. The molecule has 0 atom stereocenters. The zero-order chi connectivity index (χ0) is 5.91. The molecule has 0 heterocycles. The molecule has 0 spiro atoms. The van der Waals surface area contributed by atoms with Crippen molar-refractivity contribution in [2.45, 2.75) is 11.4 Å². The number of alkyl halides is 2. The summed E-state index contributed by atoms with van der Waals surface area (Å²) in [5.74, 6) is 4.46. The lowest BCUT2D eigenvalue weighted by Gasteiger charge is -1.97. The van der Waals surface area contributed by atoms with Gasteiger partial charge in [0.1, 0.15) is 0 Å². The molecule has 0 saturated heterocycles. The molecule has 0 aromatic rings. The van der Waals surface area contributed by atoms with Gasteiger partial charge in [0, 0.05) is 0 Å². The van der Waals surface area contributed by atoms with Crippen LogP contribution in [0.2, 0.25) is 0 Å². The molecule has 0 bridgehead atoms. The zero-order valence-electron chi connectivity index (χ0n) is 3.70. The highest BCUT2D eigenvalue weighted by Crippen LogP contribution is 2.13. The molecule has 1 N–H and O–H groups in total. The van der Waals surface area contributed by atoms with Crippen molar-refractivity contribution in [2.24, 2.45) is 0 Å². The van der Waals surface area contributed by atoms with Gasteiger partial charge in [-0.05, 0) is 12.8 Å². The smallest absolute Gasteiger partial charge is 0.280 e. The summed E-state index contributed by atoms with van der Waals surface area (Å²) in [6.45, 7) is 1.54. The predicted molar refractivity (Wildman–Crippen MR) is 30.1 cm³/mol. The maximum atomic E-state index is 8.37. The summed E-state index contributed by atoms with van der Waals surface area (Å²) in [6, 6.07) is 0. The van der Waals surface area contributed by atoms with Gasteiger partial charge in [-0.1, -0.05) is 23.2 Å². The van der Waals surface area contributed by atoms with Crippen LogP contribution >= 0.6 is 23.2 Å². The van der Waals surface area contributed by atoms with Gasteiger partial charge in [0.15, 0.2) is 0 Å². The number of hydrogen-bond donors (Lipinski definition) is 1. The Hall–Kier alpha value is 0.100. The van der Waals surface area contributed by atoms with Crippen LogP contribution in [0.15, 0.2) is 0 Å². The third-order valence-corrected chi connectivity index (χ3v) is 0.464. The fraction of sp³-hybridized carbons (Fsp3) is 0.500. The van der Waals surface area contributed by atoms with Crippen molar-refractivity contribution in [3.05, 3.63) is 0 Å². The standard InChI is InChI=1S/C4H4Cl2O/c1-2-3-4(5,6)7/h7H,1H3. The fourth-order valence-corrected chi connectivity index (χ4v) is 0.339. The highest BCUT2D eigenvalue weighted by molar-refractivity contribution is 6.49. The Bertz CT molecular complexity index is 103. The van der Waals surface area contributed by atoms with Crippen molar-refractivity contribution in [2.75, 3.05) is 0 Å². The maximum Gasteiger partial charge on any atom is 0.280 e. The molecular weight excluding hydrogens is 135 g/mol. The first-order chi connectivity index (χ1) is 3.06. The normalized spacial score (nSPS) is 9.71. The van der Waals surface area contributed by atoms with Crippen molar-refractivity contribution < 1.29 is 5.11 Å². The molecule has 0 radical (unpaired) electrons. The molecule has 0 aliphatic carbocycles. The van der Waals surface area contributed by atoms with E-state index in [1.807, 2.05) is 0 Å². The lowest BCUT2D eigenvalue weighted by atomic mass is 10.6. The second-order valence-corrected chi connectivity index (χ2v) is 2.20. The van der Waals surface area contributed by atoms with Gasteiger partial charge >= 0.3 is 0 Å². The molecule has 0 saturated carbocycles. The maximum absolute atomic E-state index is 8.37. The molecule has 0 fully saturated rings. The lowest BCUT2D eigenvalue weighted by molar-refractivity contribution is 0.273. The van der Waals surface area contributed by atoms with Gasteiger partial charge in [0.25, 0.3) is 4.52 Å². The van der Waals surface area contributed by atoms with Gasteiger partial charge in [-0.25, -0.2) is 0 Å². The van der Waals surface area contributed by atoms with E-state index >= 15 is 0 Å². The van der Waals surface area contributed by atoms with Crippen LogP contribution in [0.1, 0.15) is 6.92 Å². The molecule has 0 amide bonds. The third-order valence-electron chi connectivity index (χ3n) is 0.275. The van der Waals surface area contributed by atoms with Crippen LogP contribution in [0.3, 0.4) is 0 Å². The van der Waals surface area contributed by atoms with Crippen LogP contribution in [-0.4, -0.2) is 9.63 Å². The van der Waals surface area contributed by atoms with E-state index in [9.17, 15) is 0 Å². The molecule has 40 valence electrons. The van der Waals surface area contributed by atoms with E-state index in [1.54, 1.807) is 0 Å². The first-order valence-electron chi connectivity index (χ1n) is 1.60. The fourth-order valence-electron chi connectivity index (χ4n) is 0.150. The van der Waals surface area contributed by atoms with Crippen LogP contribution in [0.5, 0.6) is 0 Å². The van der Waals surface area contributed by atoms with Gasteiger partial charge in [-0.2, -0.15) is 0 Å². The van der Waals surface area contributed by atoms with Gasteiger partial charge in [-0.3, -0.25) is 0 Å². The molecule has 0 aliphatic heterocycles. The van der Waals surface area contributed by atoms with E-state index in [4.69, 9.17) is 28.3 Å². The Morgan fingerprint density at radius 3 is 2.00 bits per heavy atom. The molecule has 0 aliphatic rings. The average molecular weight is 139 g/mol. The summed E-state index contributed by atoms with van der Waals surface area (Å²) < 4.78 is -1.87. The van der Waals surface area contributed by atoms with Crippen molar-refractivity contribution in [1.29, 1.82) is 0 Å². The van der Waals surface area contributed by atoms with E-state index in [1.165, 1.54) is 6.92 Å².